The molecule has 0 aromatic heterocycles. The summed E-state index contributed by atoms with van der Waals surface area (Å²) in [6.07, 6.45) is 0.891. The van der Waals surface area contributed by atoms with Crippen LogP contribution in [0.3, 0.4) is 0 Å². The van der Waals surface area contributed by atoms with Crippen LogP contribution in [-0.2, 0) is 4.43 Å². The van der Waals surface area contributed by atoms with Gasteiger partial charge in [0.1, 0.15) is 0 Å². The molecular weight excluding hydrogens is 340 g/mol. The first-order valence-electron chi connectivity index (χ1n) is 9.05. The fourth-order valence-corrected chi connectivity index (χ4v) is 8.11. The summed E-state index contributed by atoms with van der Waals surface area (Å²) in [7, 11) is -2.68. The zero-order chi connectivity index (χ0) is 19.2. The van der Waals surface area contributed by atoms with Crippen molar-refractivity contribution in [2.24, 2.45) is 0 Å². The normalized spacial score (nSPS) is 14.7. The number of aliphatic hydroxyl groups is 2. The molecule has 2 rings (SSSR count). The van der Waals surface area contributed by atoms with Crippen molar-refractivity contribution in [3.05, 3.63) is 73.3 Å². The first-order chi connectivity index (χ1) is 12.3. The molecule has 4 heteroatoms. The van der Waals surface area contributed by atoms with Crippen molar-refractivity contribution >= 4 is 18.7 Å². The molecule has 0 amide bonds. The Morgan fingerprint density at radius 3 is 1.81 bits per heavy atom. The molecule has 3 nitrogen and oxygen atoms in total. The molecule has 2 N–H and O–H groups in total. The van der Waals surface area contributed by atoms with E-state index in [1.807, 2.05) is 36.4 Å². The molecule has 0 fully saturated rings. The van der Waals surface area contributed by atoms with Crippen LogP contribution in [0.4, 0.5) is 0 Å². The zero-order valence-corrected chi connectivity index (χ0v) is 16.9. The van der Waals surface area contributed by atoms with E-state index in [-0.39, 0.29) is 17.7 Å². The van der Waals surface area contributed by atoms with E-state index in [9.17, 15) is 10.2 Å². The van der Waals surface area contributed by atoms with Gasteiger partial charge < -0.3 is 14.6 Å². The molecule has 0 spiro atoms. The van der Waals surface area contributed by atoms with E-state index in [0.717, 1.165) is 0 Å². The number of hydrogen-bond acceptors (Lipinski definition) is 3. The summed E-state index contributed by atoms with van der Waals surface area (Å²) in [6, 6.07) is 20.7. The van der Waals surface area contributed by atoms with Crippen LogP contribution in [0.5, 0.6) is 0 Å². The van der Waals surface area contributed by atoms with Crippen LogP contribution < -0.4 is 10.4 Å². The number of aliphatic hydroxyl groups excluding tert-OH is 2. The van der Waals surface area contributed by atoms with Crippen molar-refractivity contribution in [1.29, 1.82) is 0 Å². The maximum Gasteiger partial charge on any atom is 0.261 e. The monoisotopic (exact) mass is 370 g/mol. The Hall–Kier alpha value is -1.72. The van der Waals surface area contributed by atoms with Crippen LogP contribution in [-0.4, -0.2) is 37.3 Å². The third-order valence-electron chi connectivity index (χ3n) is 4.72. The second kappa shape index (κ2) is 8.78. The van der Waals surface area contributed by atoms with Crippen molar-refractivity contribution in [3.8, 4) is 0 Å². The number of benzene rings is 2. The van der Waals surface area contributed by atoms with Gasteiger partial charge in [0.25, 0.3) is 8.32 Å². The van der Waals surface area contributed by atoms with Gasteiger partial charge in [0.05, 0.1) is 18.8 Å². The summed E-state index contributed by atoms with van der Waals surface area (Å²) in [5, 5.41) is 21.4. The third-order valence-corrected chi connectivity index (χ3v) is 9.78. The standard InChI is InChI=1S/C22H30O3Si/c1-5-19(16-18(24)17-23)25-26(22(2,3)4,20-12-8-6-9-13-20)21-14-10-7-11-15-21/h5-15,18-19,23-24H,1,16-17H2,2-4H3. The van der Waals surface area contributed by atoms with Crippen LogP contribution in [0.25, 0.3) is 0 Å². The molecule has 2 atom stereocenters. The van der Waals surface area contributed by atoms with E-state index in [0.29, 0.717) is 6.42 Å². The Balaban J connectivity index is 2.62. The van der Waals surface area contributed by atoms with Gasteiger partial charge in [-0.2, -0.15) is 0 Å². The Labute approximate surface area is 158 Å². The molecule has 0 aliphatic heterocycles. The van der Waals surface area contributed by atoms with Gasteiger partial charge in [0.2, 0.25) is 0 Å². The van der Waals surface area contributed by atoms with Crippen LogP contribution in [0.1, 0.15) is 27.2 Å². The Morgan fingerprint density at radius 2 is 1.46 bits per heavy atom. The molecule has 0 saturated heterocycles. The lowest BCUT2D eigenvalue weighted by molar-refractivity contribution is 0.0595. The minimum atomic E-state index is -2.68. The molecule has 0 radical (unpaired) electrons. The molecule has 2 unspecified atom stereocenters. The smallest absolute Gasteiger partial charge is 0.261 e. The minimum Gasteiger partial charge on any atom is -0.401 e. The van der Waals surface area contributed by atoms with E-state index < -0.39 is 14.4 Å². The van der Waals surface area contributed by atoms with Gasteiger partial charge in [-0.05, 0) is 15.4 Å². The Kier molecular flexibility index (Phi) is 6.95. The van der Waals surface area contributed by atoms with Crippen molar-refractivity contribution in [2.45, 2.75) is 44.4 Å². The lowest BCUT2D eigenvalue weighted by atomic mass is 10.2. The second-order valence-corrected chi connectivity index (χ2v) is 11.9. The first kappa shape index (κ1) is 20.6. The van der Waals surface area contributed by atoms with Gasteiger partial charge in [0, 0.05) is 6.42 Å². The van der Waals surface area contributed by atoms with E-state index in [4.69, 9.17) is 4.43 Å². The highest BCUT2D eigenvalue weighted by atomic mass is 28.4. The predicted octanol–water partition coefficient (Wildman–Crippen LogP) is 2.86. The zero-order valence-electron chi connectivity index (χ0n) is 15.9. The fraction of sp³-hybridized carbons (Fsp3) is 0.364. The number of hydrogen-bond donors (Lipinski definition) is 2. The molecule has 0 aliphatic carbocycles. The van der Waals surface area contributed by atoms with Crippen molar-refractivity contribution in [1.82, 2.24) is 0 Å². The average molecular weight is 371 g/mol. The third kappa shape index (κ3) is 4.33. The van der Waals surface area contributed by atoms with Crippen LogP contribution in [0.15, 0.2) is 73.3 Å². The summed E-state index contributed by atoms with van der Waals surface area (Å²) in [4.78, 5) is 0. The van der Waals surface area contributed by atoms with Gasteiger partial charge in [-0.15, -0.1) is 6.58 Å². The quantitative estimate of drug-likeness (QED) is 0.555. The molecule has 0 bridgehead atoms. The van der Waals surface area contributed by atoms with Crippen molar-refractivity contribution in [2.75, 3.05) is 6.61 Å². The molecule has 0 aliphatic rings. The van der Waals surface area contributed by atoms with E-state index in [2.05, 4.69) is 51.6 Å². The highest BCUT2D eigenvalue weighted by molar-refractivity contribution is 6.99. The molecule has 2 aromatic rings. The van der Waals surface area contributed by atoms with Gasteiger partial charge in [-0.1, -0.05) is 87.5 Å². The molecule has 26 heavy (non-hydrogen) atoms. The summed E-state index contributed by atoms with van der Waals surface area (Å²) in [5.74, 6) is 0. The minimum absolute atomic E-state index is 0.138. The Bertz CT molecular complexity index is 640. The summed E-state index contributed by atoms with van der Waals surface area (Å²) < 4.78 is 6.85. The topological polar surface area (TPSA) is 49.7 Å². The molecule has 0 saturated carbocycles. The highest BCUT2D eigenvalue weighted by Gasteiger charge is 2.51. The van der Waals surface area contributed by atoms with E-state index in [1.165, 1.54) is 10.4 Å². The SMILES string of the molecule is C=CC(CC(O)CO)O[Si](c1ccccc1)(c1ccccc1)C(C)(C)C. The van der Waals surface area contributed by atoms with Gasteiger partial charge in [0.15, 0.2) is 0 Å². The van der Waals surface area contributed by atoms with Gasteiger partial charge >= 0.3 is 0 Å². The average Bonchev–Trinajstić information content (AvgIpc) is 2.65. The summed E-state index contributed by atoms with van der Waals surface area (Å²) in [5.41, 5.74) is 0. The van der Waals surface area contributed by atoms with Gasteiger partial charge in [-0.25, -0.2) is 0 Å². The molecule has 2 aromatic carbocycles. The van der Waals surface area contributed by atoms with Crippen molar-refractivity contribution in [3.63, 3.8) is 0 Å². The van der Waals surface area contributed by atoms with Gasteiger partial charge in [-0.3, -0.25) is 0 Å². The molecule has 0 heterocycles. The van der Waals surface area contributed by atoms with E-state index in [1.54, 1.807) is 6.08 Å². The van der Waals surface area contributed by atoms with Crippen LogP contribution >= 0.6 is 0 Å². The maximum atomic E-state index is 9.94. The predicted molar refractivity (Wildman–Crippen MR) is 110 cm³/mol. The molecule has 140 valence electrons. The summed E-state index contributed by atoms with van der Waals surface area (Å²) >= 11 is 0. The van der Waals surface area contributed by atoms with Crippen molar-refractivity contribution < 1.29 is 14.6 Å². The maximum absolute atomic E-state index is 9.94. The van der Waals surface area contributed by atoms with E-state index >= 15 is 0 Å². The lowest BCUT2D eigenvalue weighted by Gasteiger charge is -2.45. The lowest BCUT2D eigenvalue weighted by Crippen LogP contribution is -2.67. The van der Waals surface area contributed by atoms with Crippen LogP contribution in [0, 0.1) is 0 Å². The second-order valence-electron chi connectivity index (χ2n) is 7.63. The van der Waals surface area contributed by atoms with Crippen LogP contribution in [0.2, 0.25) is 5.04 Å². The Morgan fingerprint density at radius 1 is 1.00 bits per heavy atom. The number of rotatable bonds is 8. The molecular formula is C22H30O3Si. The first-order valence-corrected chi connectivity index (χ1v) is 11.0. The highest BCUT2D eigenvalue weighted by Crippen LogP contribution is 2.38. The summed E-state index contributed by atoms with van der Waals surface area (Å²) in [6.45, 7) is 10.3. The largest absolute Gasteiger partial charge is 0.401 e. The fourth-order valence-electron chi connectivity index (χ4n) is 3.45.